The first-order valence-electron chi connectivity index (χ1n) is 11.7. The number of amides is 1. The van der Waals surface area contributed by atoms with E-state index in [9.17, 15) is 24.3 Å². The van der Waals surface area contributed by atoms with Gasteiger partial charge in [0, 0.05) is 18.7 Å². The Labute approximate surface area is 217 Å². The van der Waals surface area contributed by atoms with E-state index in [4.69, 9.17) is 9.47 Å². The number of hydrogen-bond acceptors (Lipinski definition) is 7. The summed E-state index contributed by atoms with van der Waals surface area (Å²) in [7, 11) is 0. The molecule has 1 aliphatic heterocycles. The minimum Gasteiger partial charge on any atom is -0.478 e. The van der Waals surface area contributed by atoms with Gasteiger partial charge in [-0.15, -0.1) is 0 Å². The van der Waals surface area contributed by atoms with Crippen molar-refractivity contribution >= 4 is 23.7 Å². The molecule has 0 bridgehead atoms. The van der Waals surface area contributed by atoms with Crippen LogP contribution in [0.5, 0.6) is 0 Å². The molecule has 2 aromatic carbocycles. The van der Waals surface area contributed by atoms with Crippen LogP contribution in [0.15, 0.2) is 65.6 Å². The fourth-order valence-corrected chi connectivity index (χ4v) is 4.64. The highest BCUT2D eigenvalue weighted by Gasteiger charge is 2.67. The van der Waals surface area contributed by atoms with Gasteiger partial charge in [-0.1, -0.05) is 30.3 Å². The summed E-state index contributed by atoms with van der Waals surface area (Å²) in [5.74, 6) is -2.52. The number of nitrogens with one attached hydrogen (secondary N) is 1. The number of alkyl halides is 1. The van der Waals surface area contributed by atoms with Crippen LogP contribution in [-0.2, 0) is 14.3 Å². The Hall–Kier alpha value is -4.38. The lowest BCUT2D eigenvalue weighted by Gasteiger charge is -2.37. The number of carboxylic acids is 1. The second-order valence-electron chi connectivity index (χ2n) is 9.29. The summed E-state index contributed by atoms with van der Waals surface area (Å²) in [5.41, 5.74) is -4.45. The van der Waals surface area contributed by atoms with Crippen molar-refractivity contribution < 1.29 is 33.4 Å². The molecule has 3 aromatic rings. The maximum atomic E-state index is 16.6. The molecular weight excluding hydrogens is 497 g/mol. The number of halogens is 1. The van der Waals surface area contributed by atoms with Crippen molar-refractivity contribution in [2.75, 3.05) is 5.32 Å². The SMILES string of the molecule is CC(=O)OC1(C)[C@@H](c2cccc(C(=O)O)c2C)OC(n2ccc(NC(=O)c3ccccc3)nc2=O)[C@]1(C)F. The Morgan fingerprint density at radius 2 is 1.79 bits per heavy atom. The fraction of sp³-hybridized carbons (Fsp3) is 0.296. The first-order chi connectivity index (χ1) is 17.9. The van der Waals surface area contributed by atoms with Gasteiger partial charge >= 0.3 is 17.6 Å². The van der Waals surface area contributed by atoms with E-state index in [1.807, 2.05) is 0 Å². The van der Waals surface area contributed by atoms with Crippen molar-refractivity contribution in [3.8, 4) is 0 Å². The maximum Gasteiger partial charge on any atom is 0.351 e. The van der Waals surface area contributed by atoms with E-state index in [2.05, 4.69) is 10.3 Å². The number of ether oxygens (including phenoxy) is 2. The van der Waals surface area contributed by atoms with Crippen LogP contribution in [0.2, 0.25) is 0 Å². The van der Waals surface area contributed by atoms with Gasteiger partial charge in [-0.3, -0.25) is 14.2 Å². The maximum absolute atomic E-state index is 16.6. The van der Waals surface area contributed by atoms with Gasteiger partial charge in [0.2, 0.25) is 0 Å². The highest BCUT2D eigenvalue weighted by Crippen LogP contribution is 2.56. The summed E-state index contributed by atoms with van der Waals surface area (Å²) in [5, 5.41) is 12.1. The standard InChI is InChI=1S/C27H26FN3O7/c1-15-18(11-8-12-19(15)23(34)35)21-27(4,38-16(2)32)26(3,28)24(37-21)31-14-13-20(30-25(31)36)29-22(33)17-9-6-5-7-10-17/h5-14,21,24H,1-4H3,(H,34,35)(H,29,30,33,36)/t21-,24?,26+,27?/m1/s1. The number of carbonyl (C=O) groups excluding carboxylic acids is 2. The van der Waals surface area contributed by atoms with Gasteiger partial charge in [-0.05, 0) is 56.2 Å². The smallest absolute Gasteiger partial charge is 0.351 e. The van der Waals surface area contributed by atoms with Gasteiger partial charge in [0.25, 0.3) is 5.91 Å². The summed E-state index contributed by atoms with van der Waals surface area (Å²) in [4.78, 5) is 53.0. The van der Waals surface area contributed by atoms with E-state index in [1.54, 1.807) is 36.4 Å². The highest BCUT2D eigenvalue weighted by atomic mass is 19.1. The Balaban J connectivity index is 1.74. The molecule has 1 amide bonds. The molecule has 0 spiro atoms. The third-order valence-electron chi connectivity index (χ3n) is 6.80. The third kappa shape index (κ3) is 4.56. The predicted octanol–water partition coefficient (Wildman–Crippen LogP) is 3.82. The molecule has 2 N–H and O–H groups in total. The Morgan fingerprint density at radius 1 is 1.11 bits per heavy atom. The summed E-state index contributed by atoms with van der Waals surface area (Å²) >= 11 is 0. The molecule has 198 valence electrons. The average molecular weight is 524 g/mol. The fourth-order valence-electron chi connectivity index (χ4n) is 4.64. The Bertz CT molecular complexity index is 1470. The number of nitrogens with zero attached hydrogens (tertiary/aromatic N) is 2. The zero-order valence-corrected chi connectivity index (χ0v) is 21.1. The number of aromatic carboxylic acids is 1. The largest absolute Gasteiger partial charge is 0.478 e. The Morgan fingerprint density at radius 3 is 2.39 bits per heavy atom. The van der Waals surface area contributed by atoms with E-state index in [0.717, 1.165) is 18.4 Å². The zero-order chi connectivity index (χ0) is 27.8. The summed E-state index contributed by atoms with van der Waals surface area (Å²) in [6, 6.07) is 14.0. The van der Waals surface area contributed by atoms with Gasteiger partial charge in [-0.25, -0.2) is 14.0 Å². The molecular formula is C27H26FN3O7. The van der Waals surface area contributed by atoms with E-state index in [-0.39, 0.29) is 16.9 Å². The number of carboxylic acid groups (broad SMARTS) is 1. The molecule has 1 aliphatic rings. The van der Waals surface area contributed by atoms with Crippen molar-refractivity contribution in [2.45, 2.75) is 51.3 Å². The van der Waals surface area contributed by atoms with Crippen molar-refractivity contribution in [3.05, 3.63) is 93.5 Å². The molecule has 0 radical (unpaired) electrons. The van der Waals surface area contributed by atoms with Gasteiger partial charge in [0.1, 0.15) is 11.9 Å². The lowest BCUT2D eigenvalue weighted by atomic mass is 9.80. The quantitative estimate of drug-likeness (QED) is 0.465. The summed E-state index contributed by atoms with van der Waals surface area (Å²) in [6.07, 6.45) is -1.66. The third-order valence-corrected chi connectivity index (χ3v) is 6.80. The minimum absolute atomic E-state index is 0.0300. The monoisotopic (exact) mass is 523 g/mol. The highest BCUT2D eigenvalue weighted by molar-refractivity contribution is 6.03. The minimum atomic E-state index is -2.48. The number of esters is 1. The normalized spacial score (nSPS) is 24.6. The molecule has 0 aliphatic carbocycles. The van der Waals surface area contributed by atoms with Crippen LogP contribution in [-0.4, -0.2) is 43.8 Å². The van der Waals surface area contributed by atoms with Crippen LogP contribution < -0.4 is 11.0 Å². The first-order valence-corrected chi connectivity index (χ1v) is 11.7. The van der Waals surface area contributed by atoms with Gasteiger partial charge in [0.05, 0.1) is 5.56 Å². The molecule has 1 fully saturated rings. The van der Waals surface area contributed by atoms with Crippen molar-refractivity contribution in [2.24, 2.45) is 0 Å². The number of hydrogen-bond donors (Lipinski definition) is 2. The first kappa shape index (κ1) is 26.7. The van der Waals surface area contributed by atoms with Crippen LogP contribution >= 0.6 is 0 Å². The van der Waals surface area contributed by atoms with Crippen LogP contribution in [0.4, 0.5) is 10.2 Å². The number of benzene rings is 2. The topological polar surface area (TPSA) is 137 Å². The van der Waals surface area contributed by atoms with Gasteiger partial charge < -0.3 is 19.9 Å². The van der Waals surface area contributed by atoms with Gasteiger partial charge in [-0.2, -0.15) is 4.98 Å². The van der Waals surface area contributed by atoms with Crippen molar-refractivity contribution in [1.82, 2.24) is 9.55 Å². The summed E-state index contributed by atoms with van der Waals surface area (Å²) < 4.78 is 29.0. The molecule has 38 heavy (non-hydrogen) atoms. The molecule has 2 unspecified atom stereocenters. The number of anilines is 1. The molecule has 1 aromatic heterocycles. The van der Waals surface area contributed by atoms with Crippen molar-refractivity contribution in [1.29, 1.82) is 0 Å². The van der Waals surface area contributed by atoms with Crippen LogP contribution in [0, 0.1) is 6.92 Å². The van der Waals surface area contributed by atoms with Crippen LogP contribution in [0.1, 0.15) is 64.9 Å². The average Bonchev–Trinajstić information content (AvgIpc) is 3.04. The second kappa shape index (κ2) is 9.82. The number of rotatable bonds is 6. The molecule has 0 saturated carbocycles. The molecule has 4 atom stereocenters. The molecule has 2 heterocycles. The van der Waals surface area contributed by atoms with E-state index in [1.165, 1.54) is 38.2 Å². The molecule has 11 heteroatoms. The lowest BCUT2D eigenvalue weighted by molar-refractivity contribution is -0.174. The molecule has 10 nitrogen and oxygen atoms in total. The second-order valence-corrected chi connectivity index (χ2v) is 9.29. The van der Waals surface area contributed by atoms with Crippen LogP contribution in [0.25, 0.3) is 0 Å². The van der Waals surface area contributed by atoms with Crippen LogP contribution in [0.3, 0.4) is 0 Å². The van der Waals surface area contributed by atoms with Gasteiger partial charge in [0.15, 0.2) is 17.5 Å². The number of carbonyl (C=O) groups is 3. The van der Waals surface area contributed by atoms with E-state index < -0.39 is 47.1 Å². The predicted molar refractivity (Wildman–Crippen MR) is 134 cm³/mol. The van der Waals surface area contributed by atoms with E-state index >= 15 is 4.39 Å². The number of aromatic nitrogens is 2. The molecule has 1 saturated heterocycles. The molecule has 4 rings (SSSR count). The van der Waals surface area contributed by atoms with Crippen molar-refractivity contribution in [3.63, 3.8) is 0 Å². The summed E-state index contributed by atoms with van der Waals surface area (Å²) in [6.45, 7) is 5.12. The Kier molecular flexibility index (Phi) is 6.90. The zero-order valence-electron chi connectivity index (χ0n) is 21.1. The van der Waals surface area contributed by atoms with E-state index in [0.29, 0.717) is 11.1 Å². The lowest BCUT2D eigenvalue weighted by Crippen LogP contribution is -2.52.